The average molecular weight is 422 g/mol. The molecule has 0 bridgehead atoms. The highest BCUT2D eigenvalue weighted by Gasteiger charge is 2.30. The standard InChI is InChI=1S/C21H31N3O4S/c1-29(26,27)24-10-8-18(9-11-24)28-20-5-3-2-4-19(20)21(25)23-14-12-22(13-15-23)16-17-6-7-17/h2-5,17-18H,6-16H2,1H3. The number of rotatable bonds is 6. The van der Waals surface area contributed by atoms with Crippen LogP contribution in [0.4, 0.5) is 0 Å². The number of piperidine rings is 1. The lowest BCUT2D eigenvalue weighted by Gasteiger charge is -2.35. The van der Waals surface area contributed by atoms with Crippen LogP contribution in [0.2, 0.25) is 0 Å². The van der Waals surface area contributed by atoms with E-state index in [0.29, 0.717) is 37.2 Å². The maximum absolute atomic E-state index is 13.1. The van der Waals surface area contributed by atoms with Crippen molar-refractivity contribution in [3.8, 4) is 5.75 Å². The molecule has 3 aliphatic rings. The Morgan fingerprint density at radius 2 is 1.66 bits per heavy atom. The second-order valence-electron chi connectivity index (χ2n) is 8.51. The Bertz CT molecular complexity index is 824. The molecule has 8 heteroatoms. The van der Waals surface area contributed by atoms with Gasteiger partial charge in [0, 0.05) is 45.8 Å². The first-order valence-corrected chi connectivity index (χ1v) is 12.5. The van der Waals surface area contributed by atoms with E-state index in [2.05, 4.69) is 4.90 Å². The first-order valence-electron chi connectivity index (χ1n) is 10.6. The summed E-state index contributed by atoms with van der Waals surface area (Å²) in [5.74, 6) is 1.51. The Morgan fingerprint density at radius 1 is 1.00 bits per heavy atom. The fourth-order valence-electron chi connectivity index (χ4n) is 4.18. The fourth-order valence-corrected chi connectivity index (χ4v) is 5.05. The van der Waals surface area contributed by atoms with E-state index in [1.54, 1.807) is 0 Å². The van der Waals surface area contributed by atoms with Gasteiger partial charge in [-0.05, 0) is 43.7 Å². The number of ether oxygens (including phenoxy) is 1. The summed E-state index contributed by atoms with van der Waals surface area (Å²) < 4.78 is 31.0. The summed E-state index contributed by atoms with van der Waals surface area (Å²) in [7, 11) is -3.15. The van der Waals surface area contributed by atoms with Crippen molar-refractivity contribution in [3.05, 3.63) is 29.8 Å². The van der Waals surface area contributed by atoms with E-state index in [4.69, 9.17) is 4.74 Å². The molecule has 1 aromatic carbocycles. The third kappa shape index (κ3) is 5.29. The molecule has 4 rings (SSSR count). The van der Waals surface area contributed by atoms with Gasteiger partial charge in [0.1, 0.15) is 11.9 Å². The van der Waals surface area contributed by atoms with Gasteiger partial charge in [-0.3, -0.25) is 9.69 Å². The van der Waals surface area contributed by atoms with Gasteiger partial charge in [0.2, 0.25) is 10.0 Å². The van der Waals surface area contributed by atoms with E-state index in [1.807, 2.05) is 29.2 Å². The van der Waals surface area contributed by atoms with Crippen molar-refractivity contribution >= 4 is 15.9 Å². The van der Waals surface area contributed by atoms with E-state index < -0.39 is 10.0 Å². The number of benzene rings is 1. The maximum Gasteiger partial charge on any atom is 0.257 e. The zero-order valence-corrected chi connectivity index (χ0v) is 17.9. The summed E-state index contributed by atoms with van der Waals surface area (Å²) in [6.07, 6.45) is 5.15. The number of piperazine rings is 1. The summed E-state index contributed by atoms with van der Waals surface area (Å²) in [5, 5.41) is 0. The third-order valence-corrected chi connectivity index (χ3v) is 7.46. The van der Waals surface area contributed by atoms with Crippen molar-refractivity contribution in [1.29, 1.82) is 0 Å². The quantitative estimate of drug-likeness (QED) is 0.699. The average Bonchev–Trinajstić information content (AvgIpc) is 3.52. The zero-order valence-electron chi connectivity index (χ0n) is 17.1. The molecule has 29 heavy (non-hydrogen) atoms. The van der Waals surface area contributed by atoms with Crippen LogP contribution in [0.5, 0.6) is 5.75 Å². The van der Waals surface area contributed by atoms with E-state index in [0.717, 1.165) is 32.1 Å². The number of carbonyl (C=O) groups excluding carboxylic acids is 1. The van der Waals surface area contributed by atoms with Gasteiger partial charge in [-0.25, -0.2) is 12.7 Å². The first kappa shape index (κ1) is 20.6. The molecular formula is C21H31N3O4S. The van der Waals surface area contributed by atoms with Crippen molar-refractivity contribution in [1.82, 2.24) is 14.1 Å². The SMILES string of the molecule is CS(=O)(=O)N1CCC(Oc2ccccc2C(=O)N2CCN(CC3CC3)CC2)CC1. The topological polar surface area (TPSA) is 70.2 Å². The largest absolute Gasteiger partial charge is 0.489 e. The van der Waals surface area contributed by atoms with E-state index in [-0.39, 0.29) is 12.0 Å². The number of carbonyl (C=O) groups is 1. The Kier molecular flexibility index (Phi) is 6.13. The van der Waals surface area contributed by atoms with Crippen LogP contribution >= 0.6 is 0 Å². The second kappa shape index (κ2) is 8.62. The minimum Gasteiger partial charge on any atom is -0.489 e. The lowest BCUT2D eigenvalue weighted by molar-refractivity contribution is 0.0622. The van der Waals surface area contributed by atoms with Gasteiger partial charge in [0.05, 0.1) is 11.8 Å². The lowest BCUT2D eigenvalue weighted by atomic mass is 10.1. The summed E-state index contributed by atoms with van der Waals surface area (Å²) >= 11 is 0. The number of hydrogen-bond acceptors (Lipinski definition) is 5. The molecule has 1 aromatic rings. The highest BCUT2D eigenvalue weighted by Crippen LogP contribution is 2.30. The molecular weight excluding hydrogens is 390 g/mol. The predicted molar refractivity (Wildman–Crippen MR) is 112 cm³/mol. The van der Waals surface area contributed by atoms with Gasteiger partial charge in [0.25, 0.3) is 5.91 Å². The molecule has 160 valence electrons. The van der Waals surface area contributed by atoms with Gasteiger partial charge < -0.3 is 9.64 Å². The van der Waals surface area contributed by atoms with Crippen molar-refractivity contribution in [2.75, 3.05) is 52.1 Å². The fraction of sp³-hybridized carbons (Fsp3) is 0.667. The number of sulfonamides is 1. The summed E-state index contributed by atoms with van der Waals surface area (Å²) in [6, 6.07) is 7.43. The van der Waals surface area contributed by atoms with Crippen LogP contribution in [0.25, 0.3) is 0 Å². The highest BCUT2D eigenvalue weighted by atomic mass is 32.2. The molecule has 0 spiro atoms. The zero-order chi connectivity index (χ0) is 20.4. The van der Waals surface area contributed by atoms with Crippen LogP contribution in [-0.2, 0) is 10.0 Å². The van der Waals surface area contributed by atoms with Crippen molar-refractivity contribution in [2.45, 2.75) is 31.8 Å². The molecule has 7 nitrogen and oxygen atoms in total. The number of para-hydroxylation sites is 1. The van der Waals surface area contributed by atoms with Crippen LogP contribution in [0, 0.1) is 5.92 Å². The normalized spacial score (nSPS) is 22.6. The predicted octanol–water partition coefficient (Wildman–Crippen LogP) is 1.66. The van der Waals surface area contributed by atoms with Crippen molar-refractivity contribution in [3.63, 3.8) is 0 Å². The van der Waals surface area contributed by atoms with E-state index in [1.165, 1.54) is 29.9 Å². The van der Waals surface area contributed by atoms with Crippen LogP contribution in [0.1, 0.15) is 36.0 Å². The summed E-state index contributed by atoms with van der Waals surface area (Å²) in [4.78, 5) is 17.5. The molecule has 2 aliphatic heterocycles. The highest BCUT2D eigenvalue weighted by molar-refractivity contribution is 7.88. The molecule has 0 radical (unpaired) electrons. The molecule has 0 atom stereocenters. The van der Waals surface area contributed by atoms with Gasteiger partial charge in [-0.2, -0.15) is 0 Å². The van der Waals surface area contributed by atoms with E-state index in [9.17, 15) is 13.2 Å². The summed E-state index contributed by atoms with van der Waals surface area (Å²) in [6.45, 7) is 5.49. The monoisotopic (exact) mass is 421 g/mol. The molecule has 0 N–H and O–H groups in total. The van der Waals surface area contributed by atoms with Gasteiger partial charge in [-0.15, -0.1) is 0 Å². The molecule has 3 fully saturated rings. The Labute approximate surface area is 173 Å². The number of hydrogen-bond donors (Lipinski definition) is 0. The number of nitrogens with zero attached hydrogens (tertiary/aromatic N) is 3. The van der Waals surface area contributed by atoms with Crippen LogP contribution < -0.4 is 4.74 Å². The molecule has 1 amide bonds. The van der Waals surface area contributed by atoms with Crippen LogP contribution in [0.3, 0.4) is 0 Å². The first-order chi connectivity index (χ1) is 13.9. The molecule has 1 saturated carbocycles. The van der Waals surface area contributed by atoms with Gasteiger partial charge in [0.15, 0.2) is 0 Å². The second-order valence-corrected chi connectivity index (χ2v) is 10.5. The summed E-state index contributed by atoms with van der Waals surface area (Å²) in [5.41, 5.74) is 0.605. The Hall–Kier alpha value is -1.64. The lowest BCUT2D eigenvalue weighted by Crippen LogP contribution is -2.49. The van der Waals surface area contributed by atoms with Gasteiger partial charge in [-0.1, -0.05) is 12.1 Å². The smallest absolute Gasteiger partial charge is 0.257 e. The molecule has 0 aromatic heterocycles. The Balaban J connectivity index is 1.35. The van der Waals surface area contributed by atoms with Crippen LogP contribution in [-0.4, -0.2) is 86.6 Å². The number of amides is 1. The van der Waals surface area contributed by atoms with E-state index >= 15 is 0 Å². The minimum atomic E-state index is -3.15. The molecule has 0 unspecified atom stereocenters. The van der Waals surface area contributed by atoms with Crippen molar-refractivity contribution < 1.29 is 17.9 Å². The minimum absolute atomic E-state index is 0.0280. The third-order valence-electron chi connectivity index (χ3n) is 6.15. The van der Waals surface area contributed by atoms with Crippen molar-refractivity contribution in [2.24, 2.45) is 5.92 Å². The Morgan fingerprint density at radius 3 is 2.28 bits per heavy atom. The van der Waals surface area contributed by atoms with Crippen LogP contribution in [0.15, 0.2) is 24.3 Å². The van der Waals surface area contributed by atoms with Gasteiger partial charge >= 0.3 is 0 Å². The maximum atomic E-state index is 13.1. The molecule has 2 saturated heterocycles. The molecule has 2 heterocycles. The molecule has 1 aliphatic carbocycles.